The number of hydrazone groups is 1. The Kier molecular flexibility index (Phi) is 6.07. The molecule has 2 amide bonds. The SMILES string of the molecule is COC(=O)c1ccc(C(=O)NN/C(C)=C2\C(=O)N(c3ccc(Cl)nn3)N=C2C)cc1. The number of hydrogen-bond acceptors (Lipinski definition) is 8. The Hall–Kier alpha value is -3.79. The molecule has 1 aromatic heterocycles. The number of nitrogens with one attached hydrogen (secondary N) is 2. The van der Waals surface area contributed by atoms with E-state index in [9.17, 15) is 14.4 Å². The highest BCUT2D eigenvalue weighted by Crippen LogP contribution is 2.23. The van der Waals surface area contributed by atoms with Crippen LogP contribution in [0.4, 0.5) is 5.82 Å². The van der Waals surface area contributed by atoms with Gasteiger partial charge in [0.25, 0.3) is 11.8 Å². The third-order valence-corrected chi connectivity index (χ3v) is 4.36. The van der Waals surface area contributed by atoms with Crippen LogP contribution in [0.5, 0.6) is 0 Å². The van der Waals surface area contributed by atoms with Crippen molar-refractivity contribution in [3.05, 3.63) is 63.9 Å². The molecule has 154 valence electrons. The average Bonchev–Trinajstić information content (AvgIpc) is 3.05. The number of carbonyl (C=O) groups is 3. The lowest BCUT2D eigenvalue weighted by Crippen LogP contribution is -2.38. The maximum Gasteiger partial charge on any atom is 0.337 e. The van der Waals surface area contributed by atoms with Crippen molar-refractivity contribution in [3.8, 4) is 0 Å². The van der Waals surface area contributed by atoms with E-state index in [0.717, 1.165) is 5.01 Å². The second-order valence-corrected chi connectivity index (χ2v) is 6.55. The molecule has 11 heteroatoms. The third-order valence-electron chi connectivity index (χ3n) is 4.16. The number of allylic oxidation sites excluding steroid dienone is 1. The van der Waals surface area contributed by atoms with Crippen molar-refractivity contribution in [2.45, 2.75) is 13.8 Å². The van der Waals surface area contributed by atoms with Gasteiger partial charge in [0.05, 0.1) is 24.0 Å². The zero-order valence-electron chi connectivity index (χ0n) is 16.3. The topological polar surface area (TPSA) is 126 Å². The summed E-state index contributed by atoms with van der Waals surface area (Å²) in [6, 6.07) is 8.96. The first-order valence-corrected chi connectivity index (χ1v) is 9.04. The molecule has 0 fully saturated rings. The van der Waals surface area contributed by atoms with E-state index in [-0.39, 0.29) is 16.5 Å². The van der Waals surface area contributed by atoms with Crippen molar-refractivity contribution in [3.63, 3.8) is 0 Å². The standard InChI is InChI=1S/C19H17ClN6O4/c1-10(21-24-17(27)12-4-6-13(7-5-12)19(29)30-3)16-11(2)25-26(18(16)28)15-9-8-14(20)22-23-15/h4-9,21H,1-3H3,(H,24,27)/b16-10-. The van der Waals surface area contributed by atoms with E-state index < -0.39 is 17.8 Å². The van der Waals surface area contributed by atoms with Gasteiger partial charge in [0.15, 0.2) is 11.0 Å². The fraction of sp³-hybridized carbons (Fsp3) is 0.158. The molecule has 1 aliphatic heterocycles. The molecule has 30 heavy (non-hydrogen) atoms. The predicted molar refractivity (Wildman–Crippen MR) is 109 cm³/mol. The molecule has 10 nitrogen and oxygen atoms in total. The first-order chi connectivity index (χ1) is 14.3. The molecule has 0 atom stereocenters. The highest BCUT2D eigenvalue weighted by Gasteiger charge is 2.31. The van der Waals surface area contributed by atoms with Gasteiger partial charge < -0.3 is 10.2 Å². The van der Waals surface area contributed by atoms with Crippen molar-refractivity contribution in [1.82, 2.24) is 21.0 Å². The van der Waals surface area contributed by atoms with Crippen molar-refractivity contribution in [2.75, 3.05) is 12.1 Å². The summed E-state index contributed by atoms with van der Waals surface area (Å²) in [5.74, 6) is -1.15. The number of hydrogen-bond donors (Lipinski definition) is 2. The zero-order chi connectivity index (χ0) is 21.8. The lowest BCUT2D eigenvalue weighted by molar-refractivity contribution is -0.114. The number of halogens is 1. The molecule has 0 saturated heterocycles. The van der Waals surface area contributed by atoms with Gasteiger partial charge in [0.2, 0.25) is 0 Å². The number of esters is 1. The first kappa shape index (κ1) is 20.9. The van der Waals surface area contributed by atoms with Crippen molar-refractivity contribution < 1.29 is 19.1 Å². The van der Waals surface area contributed by atoms with E-state index in [1.807, 2.05) is 0 Å². The summed E-state index contributed by atoms with van der Waals surface area (Å²) >= 11 is 5.72. The zero-order valence-corrected chi connectivity index (χ0v) is 17.0. The van der Waals surface area contributed by atoms with Gasteiger partial charge in [-0.2, -0.15) is 10.1 Å². The number of anilines is 1. The number of rotatable bonds is 5. The van der Waals surface area contributed by atoms with Crippen LogP contribution in [0.3, 0.4) is 0 Å². The molecule has 0 spiro atoms. The van der Waals surface area contributed by atoms with Crippen LogP contribution in [0.25, 0.3) is 0 Å². The van der Waals surface area contributed by atoms with Crippen molar-refractivity contribution in [1.29, 1.82) is 0 Å². The Labute approximate surface area is 176 Å². The second-order valence-electron chi connectivity index (χ2n) is 6.16. The summed E-state index contributed by atoms with van der Waals surface area (Å²) in [7, 11) is 1.28. The van der Waals surface area contributed by atoms with Gasteiger partial charge >= 0.3 is 5.97 Å². The van der Waals surface area contributed by atoms with E-state index in [4.69, 9.17) is 11.6 Å². The Morgan fingerprint density at radius 1 is 1.03 bits per heavy atom. The maximum atomic E-state index is 12.7. The first-order valence-electron chi connectivity index (χ1n) is 8.66. The molecule has 2 heterocycles. The number of carbonyl (C=O) groups excluding carboxylic acids is 3. The molecular formula is C19H17ClN6O4. The summed E-state index contributed by atoms with van der Waals surface area (Å²) in [5.41, 5.74) is 6.99. The number of hydrazine groups is 1. The van der Waals surface area contributed by atoms with Crippen LogP contribution in [0.2, 0.25) is 5.15 Å². The third kappa shape index (κ3) is 4.28. The van der Waals surface area contributed by atoms with E-state index in [1.165, 1.54) is 43.5 Å². The number of ether oxygens (including phenoxy) is 1. The van der Waals surface area contributed by atoms with E-state index in [1.54, 1.807) is 13.8 Å². The number of nitrogens with zero attached hydrogens (tertiary/aromatic N) is 4. The minimum atomic E-state index is -0.495. The van der Waals surface area contributed by atoms with Crippen molar-refractivity contribution in [2.24, 2.45) is 5.10 Å². The van der Waals surface area contributed by atoms with Crippen LogP contribution in [-0.2, 0) is 9.53 Å². The maximum absolute atomic E-state index is 12.7. The fourth-order valence-electron chi connectivity index (χ4n) is 2.68. The number of aromatic nitrogens is 2. The molecule has 0 radical (unpaired) electrons. The van der Waals surface area contributed by atoms with Gasteiger partial charge in [-0.1, -0.05) is 11.6 Å². The Morgan fingerprint density at radius 2 is 1.70 bits per heavy atom. The van der Waals surface area contributed by atoms with Crippen LogP contribution >= 0.6 is 11.6 Å². The minimum Gasteiger partial charge on any atom is -0.465 e. The lowest BCUT2D eigenvalue weighted by Gasteiger charge is -2.13. The van der Waals surface area contributed by atoms with Gasteiger partial charge in [0, 0.05) is 11.3 Å². The molecule has 0 bridgehead atoms. The molecule has 2 N–H and O–H groups in total. The summed E-state index contributed by atoms with van der Waals surface area (Å²) < 4.78 is 4.62. The van der Waals surface area contributed by atoms with Gasteiger partial charge in [-0.05, 0) is 50.2 Å². The quantitative estimate of drug-likeness (QED) is 0.422. The molecule has 3 rings (SSSR count). The second kappa shape index (κ2) is 8.70. The van der Waals surface area contributed by atoms with E-state index >= 15 is 0 Å². The number of methoxy groups -OCH3 is 1. The van der Waals surface area contributed by atoms with Crippen LogP contribution in [0.15, 0.2) is 52.8 Å². The molecule has 2 aromatic rings. The molecule has 0 unspecified atom stereocenters. The number of benzene rings is 1. The van der Waals surface area contributed by atoms with Crippen LogP contribution in [0, 0.1) is 0 Å². The Bertz CT molecular complexity index is 1060. The minimum absolute atomic E-state index is 0.196. The van der Waals surface area contributed by atoms with Gasteiger partial charge in [-0.3, -0.25) is 15.0 Å². The summed E-state index contributed by atoms with van der Waals surface area (Å²) in [5, 5.41) is 13.0. The van der Waals surface area contributed by atoms with E-state index in [2.05, 4.69) is 30.9 Å². The molecule has 1 aliphatic rings. The highest BCUT2D eigenvalue weighted by molar-refractivity contribution is 6.30. The predicted octanol–water partition coefficient (Wildman–Crippen LogP) is 1.85. The average molecular weight is 429 g/mol. The summed E-state index contributed by atoms with van der Waals surface area (Å²) in [4.78, 5) is 36.5. The Morgan fingerprint density at radius 3 is 2.30 bits per heavy atom. The van der Waals surface area contributed by atoms with Crippen LogP contribution in [0.1, 0.15) is 34.6 Å². The molecular weight excluding hydrogens is 412 g/mol. The molecule has 0 aliphatic carbocycles. The normalized spacial score (nSPS) is 14.9. The lowest BCUT2D eigenvalue weighted by atomic mass is 10.1. The van der Waals surface area contributed by atoms with E-state index in [0.29, 0.717) is 22.5 Å². The van der Waals surface area contributed by atoms with Crippen LogP contribution < -0.4 is 15.9 Å². The largest absolute Gasteiger partial charge is 0.465 e. The Balaban J connectivity index is 1.70. The number of amides is 2. The van der Waals surface area contributed by atoms with Gasteiger partial charge in [-0.25, -0.2) is 4.79 Å². The fourth-order valence-corrected chi connectivity index (χ4v) is 2.78. The summed E-state index contributed by atoms with van der Waals surface area (Å²) in [6.07, 6.45) is 0. The highest BCUT2D eigenvalue weighted by atomic mass is 35.5. The van der Waals surface area contributed by atoms with Crippen LogP contribution in [-0.4, -0.2) is 40.8 Å². The van der Waals surface area contributed by atoms with Gasteiger partial charge in [0.1, 0.15) is 0 Å². The molecule has 0 saturated carbocycles. The summed E-state index contributed by atoms with van der Waals surface area (Å²) in [6.45, 7) is 3.29. The molecule has 1 aromatic carbocycles. The van der Waals surface area contributed by atoms with Gasteiger partial charge in [-0.15, -0.1) is 10.2 Å². The monoisotopic (exact) mass is 428 g/mol. The van der Waals surface area contributed by atoms with Crippen molar-refractivity contribution >= 4 is 40.9 Å². The smallest absolute Gasteiger partial charge is 0.337 e.